The number of nitrogens with zero attached hydrogens (tertiary/aromatic N) is 2. The molecule has 1 aromatic heterocycles. The van der Waals surface area contributed by atoms with Crippen LogP contribution < -0.4 is 10.1 Å². The molecule has 2 aromatic rings. The van der Waals surface area contributed by atoms with Crippen LogP contribution in [0.3, 0.4) is 0 Å². The fourth-order valence-electron chi connectivity index (χ4n) is 3.05. The number of carboxylic acid groups (broad SMARTS) is 1. The van der Waals surface area contributed by atoms with Crippen molar-refractivity contribution >= 4 is 11.9 Å². The number of amides is 1. The summed E-state index contributed by atoms with van der Waals surface area (Å²) in [5, 5.41) is 16.4. The van der Waals surface area contributed by atoms with Gasteiger partial charge in [0.2, 0.25) is 0 Å². The van der Waals surface area contributed by atoms with E-state index in [-0.39, 0.29) is 6.04 Å². The number of fused-ring (bicyclic) bond motifs is 1. The van der Waals surface area contributed by atoms with E-state index in [2.05, 4.69) is 10.4 Å². The van der Waals surface area contributed by atoms with Crippen molar-refractivity contribution in [1.82, 2.24) is 15.1 Å². The van der Waals surface area contributed by atoms with Crippen LogP contribution in [-0.2, 0) is 11.2 Å². The Bertz CT molecular complexity index is 826. The van der Waals surface area contributed by atoms with E-state index in [1.807, 2.05) is 13.8 Å². The Morgan fingerprint density at radius 1 is 1.36 bits per heavy atom. The Balaban J connectivity index is 1.85. The van der Waals surface area contributed by atoms with Crippen molar-refractivity contribution in [2.45, 2.75) is 39.3 Å². The molecular weight excluding hydrogens is 322 g/mol. The van der Waals surface area contributed by atoms with Gasteiger partial charge in [-0.25, -0.2) is 4.79 Å². The molecule has 1 aromatic carbocycles. The zero-order chi connectivity index (χ0) is 18.1. The molecule has 0 aliphatic carbocycles. The van der Waals surface area contributed by atoms with Crippen LogP contribution in [0, 0.1) is 6.92 Å². The average molecular weight is 343 g/mol. The lowest BCUT2D eigenvalue weighted by Crippen LogP contribution is -2.34. The van der Waals surface area contributed by atoms with Crippen molar-refractivity contribution in [2.75, 3.05) is 6.61 Å². The molecule has 25 heavy (non-hydrogen) atoms. The topological polar surface area (TPSA) is 93.5 Å². The van der Waals surface area contributed by atoms with Crippen LogP contribution in [0.2, 0.25) is 0 Å². The summed E-state index contributed by atoms with van der Waals surface area (Å²) in [6, 6.07) is 4.20. The highest BCUT2D eigenvalue weighted by Crippen LogP contribution is 2.28. The summed E-state index contributed by atoms with van der Waals surface area (Å²) >= 11 is 0. The summed E-state index contributed by atoms with van der Waals surface area (Å²) in [7, 11) is 0. The molecule has 0 unspecified atom stereocenters. The largest absolute Gasteiger partial charge is 0.493 e. The zero-order valence-electron chi connectivity index (χ0n) is 14.4. The summed E-state index contributed by atoms with van der Waals surface area (Å²) < 4.78 is 7.17. The van der Waals surface area contributed by atoms with Gasteiger partial charge in [0.25, 0.3) is 5.91 Å². The van der Waals surface area contributed by atoms with Crippen molar-refractivity contribution in [3.63, 3.8) is 0 Å². The molecule has 1 aliphatic heterocycles. The van der Waals surface area contributed by atoms with E-state index in [1.165, 1.54) is 6.20 Å². The molecule has 1 aliphatic rings. The monoisotopic (exact) mass is 343 g/mol. The fourth-order valence-corrected chi connectivity index (χ4v) is 3.05. The molecule has 0 spiro atoms. The predicted octanol–water partition coefficient (Wildman–Crippen LogP) is 2.26. The maximum atomic E-state index is 12.6. The maximum Gasteiger partial charge on any atom is 0.330 e. The van der Waals surface area contributed by atoms with Crippen LogP contribution in [0.15, 0.2) is 24.4 Å². The molecule has 0 saturated heterocycles. The first kappa shape index (κ1) is 17.0. The van der Waals surface area contributed by atoms with E-state index >= 15 is 0 Å². The lowest BCUT2D eigenvalue weighted by molar-refractivity contribution is -0.139. The fraction of sp³-hybridized carbons (Fsp3) is 0.389. The van der Waals surface area contributed by atoms with Gasteiger partial charge < -0.3 is 15.2 Å². The van der Waals surface area contributed by atoms with E-state index in [1.54, 1.807) is 29.8 Å². The Labute approximate surface area is 145 Å². The van der Waals surface area contributed by atoms with Gasteiger partial charge in [-0.15, -0.1) is 0 Å². The maximum absolute atomic E-state index is 12.6. The molecule has 1 amide bonds. The van der Waals surface area contributed by atoms with Crippen molar-refractivity contribution < 1.29 is 19.4 Å². The number of carbonyl (C=O) groups excluding carboxylic acids is 1. The number of aliphatic carboxylic acids is 1. The van der Waals surface area contributed by atoms with E-state index in [4.69, 9.17) is 4.74 Å². The third-order valence-corrected chi connectivity index (χ3v) is 4.35. The number of hydrogen-bond acceptors (Lipinski definition) is 4. The minimum atomic E-state index is -1.12. The normalized spacial score (nSPS) is 14.1. The van der Waals surface area contributed by atoms with E-state index < -0.39 is 17.9 Å². The number of hydrogen-bond donors (Lipinski definition) is 2. The standard InChI is InChI=1S/C18H21N3O4/c1-10(2)21-11(3)14(9-19-21)17(22)20-16(18(23)24)13-4-5-15-12(8-13)6-7-25-15/h4-5,8-10,16H,6-7H2,1-3H3,(H,20,22)(H,23,24)/t16-/m1/s1. The van der Waals surface area contributed by atoms with Gasteiger partial charge in [-0.2, -0.15) is 5.10 Å². The van der Waals surface area contributed by atoms with Gasteiger partial charge in [-0.05, 0) is 44.0 Å². The number of nitrogens with one attached hydrogen (secondary N) is 1. The SMILES string of the molecule is Cc1c(C(=O)N[C@@H](C(=O)O)c2ccc3c(c2)CCO3)cnn1C(C)C. The second kappa shape index (κ2) is 6.58. The first-order valence-corrected chi connectivity index (χ1v) is 8.22. The van der Waals surface area contributed by atoms with E-state index in [9.17, 15) is 14.7 Å². The van der Waals surface area contributed by atoms with Gasteiger partial charge in [-0.3, -0.25) is 9.48 Å². The molecule has 2 N–H and O–H groups in total. The highest BCUT2D eigenvalue weighted by atomic mass is 16.5. The minimum Gasteiger partial charge on any atom is -0.493 e. The lowest BCUT2D eigenvalue weighted by Gasteiger charge is -2.16. The highest BCUT2D eigenvalue weighted by molar-refractivity contribution is 5.97. The molecule has 7 heteroatoms. The Hall–Kier alpha value is -2.83. The molecule has 7 nitrogen and oxygen atoms in total. The van der Waals surface area contributed by atoms with Crippen LogP contribution in [-0.4, -0.2) is 33.4 Å². The number of rotatable bonds is 5. The molecule has 1 atom stereocenters. The highest BCUT2D eigenvalue weighted by Gasteiger charge is 2.26. The molecule has 0 bridgehead atoms. The van der Waals surface area contributed by atoms with Gasteiger partial charge >= 0.3 is 5.97 Å². The minimum absolute atomic E-state index is 0.119. The second-order valence-corrected chi connectivity index (χ2v) is 6.39. The Morgan fingerprint density at radius 2 is 2.12 bits per heavy atom. The van der Waals surface area contributed by atoms with Crippen molar-refractivity contribution in [3.05, 3.63) is 46.8 Å². The third kappa shape index (κ3) is 3.22. The first-order chi connectivity index (χ1) is 11.9. The van der Waals surface area contributed by atoms with Crippen molar-refractivity contribution in [2.24, 2.45) is 0 Å². The molecule has 132 valence electrons. The van der Waals surface area contributed by atoms with Crippen LogP contribution >= 0.6 is 0 Å². The second-order valence-electron chi connectivity index (χ2n) is 6.39. The van der Waals surface area contributed by atoms with E-state index in [0.717, 1.165) is 17.7 Å². The summed E-state index contributed by atoms with van der Waals surface area (Å²) in [6.45, 7) is 6.32. The summed E-state index contributed by atoms with van der Waals surface area (Å²) in [6.07, 6.45) is 2.21. The Morgan fingerprint density at radius 3 is 2.76 bits per heavy atom. The van der Waals surface area contributed by atoms with Crippen LogP contribution in [0.5, 0.6) is 5.75 Å². The smallest absolute Gasteiger partial charge is 0.330 e. The zero-order valence-corrected chi connectivity index (χ0v) is 14.4. The van der Waals surface area contributed by atoms with E-state index in [0.29, 0.717) is 23.4 Å². The van der Waals surface area contributed by atoms with Crippen LogP contribution in [0.25, 0.3) is 0 Å². The van der Waals surface area contributed by atoms with Crippen molar-refractivity contribution in [3.8, 4) is 5.75 Å². The van der Waals surface area contributed by atoms with Gasteiger partial charge in [0.05, 0.1) is 18.4 Å². The molecule has 2 heterocycles. The summed E-state index contributed by atoms with van der Waals surface area (Å²) in [4.78, 5) is 24.3. The Kier molecular flexibility index (Phi) is 4.48. The van der Waals surface area contributed by atoms with Gasteiger partial charge in [-0.1, -0.05) is 6.07 Å². The number of benzene rings is 1. The number of carbonyl (C=O) groups is 2. The first-order valence-electron chi connectivity index (χ1n) is 8.22. The van der Waals surface area contributed by atoms with Gasteiger partial charge in [0, 0.05) is 18.2 Å². The predicted molar refractivity (Wildman–Crippen MR) is 90.8 cm³/mol. The van der Waals surface area contributed by atoms with Gasteiger partial charge in [0.15, 0.2) is 6.04 Å². The van der Waals surface area contributed by atoms with Crippen LogP contribution in [0.1, 0.15) is 53.1 Å². The third-order valence-electron chi connectivity index (χ3n) is 4.35. The van der Waals surface area contributed by atoms with Crippen molar-refractivity contribution in [1.29, 1.82) is 0 Å². The lowest BCUT2D eigenvalue weighted by atomic mass is 10.0. The average Bonchev–Trinajstić information content (AvgIpc) is 3.17. The number of aromatic nitrogens is 2. The molecule has 3 rings (SSSR count). The van der Waals surface area contributed by atoms with Crippen LogP contribution in [0.4, 0.5) is 0 Å². The molecule has 0 fully saturated rings. The summed E-state index contributed by atoms with van der Waals surface area (Å²) in [5.74, 6) is -0.789. The quantitative estimate of drug-likeness (QED) is 0.868. The molecular formula is C18H21N3O4. The number of carboxylic acids is 1. The summed E-state index contributed by atoms with van der Waals surface area (Å²) in [5.41, 5.74) is 2.57. The molecule has 0 saturated carbocycles. The number of ether oxygens (including phenoxy) is 1. The van der Waals surface area contributed by atoms with Gasteiger partial charge in [0.1, 0.15) is 5.75 Å². The molecule has 0 radical (unpaired) electrons.